The second-order valence-electron chi connectivity index (χ2n) is 8.72. The summed E-state index contributed by atoms with van der Waals surface area (Å²) in [7, 11) is 4.69. The Hall–Kier alpha value is -4.79. The third-order valence-corrected chi connectivity index (χ3v) is 5.87. The summed E-state index contributed by atoms with van der Waals surface area (Å²) < 4.78 is 29.7. The summed E-state index contributed by atoms with van der Waals surface area (Å²) in [6, 6.07) is 17.9. The van der Waals surface area contributed by atoms with E-state index in [9.17, 15) is 4.79 Å². The molecule has 0 spiro atoms. The van der Waals surface area contributed by atoms with Gasteiger partial charge in [0.15, 0.2) is 17.3 Å². The highest BCUT2D eigenvalue weighted by Crippen LogP contribution is 2.39. The number of para-hydroxylation sites is 1. The van der Waals surface area contributed by atoms with Crippen molar-refractivity contribution >= 4 is 28.1 Å². The van der Waals surface area contributed by atoms with E-state index in [0.717, 1.165) is 5.39 Å². The van der Waals surface area contributed by atoms with E-state index in [2.05, 4.69) is 5.10 Å². The molecule has 9 nitrogen and oxygen atoms in total. The molecule has 9 heteroatoms. The number of fused-ring (bicyclic) bond motifs is 2. The van der Waals surface area contributed by atoms with Crippen LogP contribution in [0.15, 0.2) is 75.0 Å². The summed E-state index contributed by atoms with van der Waals surface area (Å²) in [5, 5.41) is 5.72. The molecule has 0 aliphatic rings. The first kappa shape index (κ1) is 24.9. The van der Waals surface area contributed by atoms with Crippen LogP contribution < -0.4 is 24.5 Å². The molecule has 38 heavy (non-hydrogen) atoms. The van der Waals surface area contributed by atoms with E-state index in [4.69, 9.17) is 28.3 Å². The molecule has 0 fully saturated rings. The van der Waals surface area contributed by atoms with Crippen molar-refractivity contribution in [3.63, 3.8) is 0 Å². The van der Waals surface area contributed by atoms with E-state index in [1.807, 2.05) is 38.1 Å². The number of hydrogen-bond acceptors (Lipinski definition) is 8. The van der Waals surface area contributed by atoms with Crippen LogP contribution in [-0.4, -0.2) is 43.3 Å². The lowest BCUT2D eigenvalue weighted by molar-refractivity contribution is 0.218. The number of aromatic nitrogens is 2. The number of hydrogen-bond donors (Lipinski definition) is 0. The van der Waals surface area contributed by atoms with Gasteiger partial charge in [0.25, 0.3) is 5.56 Å². The van der Waals surface area contributed by atoms with E-state index in [1.165, 1.54) is 10.9 Å². The van der Waals surface area contributed by atoms with Crippen molar-refractivity contribution in [2.24, 2.45) is 5.10 Å². The predicted octanol–water partition coefficient (Wildman–Crippen LogP) is 5.50. The Kier molecular flexibility index (Phi) is 6.74. The third-order valence-electron chi connectivity index (χ3n) is 5.87. The van der Waals surface area contributed by atoms with Crippen LogP contribution in [0.1, 0.15) is 19.4 Å². The molecule has 5 aromatic rings. The summed E-state index contributed by atoms with van der Waals surface area (Å²) >= 11 is 0. The van der Waals surface area contributed by atoms with E-state index < -0.39 is 0 Å². The Morgan fingerprint density at radius 2 is 1.61 bits per heavy atom. The van der Waals surface area contributed by atoms with Crippen molar-refractivity contribution in [2.75, 3.05) is 21.3 Å². The highest BCUT2D eigenvalue weighted by atomic mass is 16.5. The lowest BCUT2D eigenvalue weighted by Gasteiger charge is -2.17. The molecule has 194 valence electrons. The molecule has 2 heterocycles. The molecule has 0 amide bonds. The highest BCUT2D eigenvalue weighted by Gasteiger charge is 2.19. The van der Waals surface area contributed by atoms with Crippen LogP contribution in [0.5, 0.6) is 23.0 Å². The largest absolute Gasteiger partial charge is 0.496 e. The first-order valence-corrected chi connectivity index (χ1v) is 12.0. The van der Waals surface area contributed by atoms with Gasteiger partial charge in [0, 0.05) is 5.56 Å². The van der Waals surface area contributed by atoms with Crippen molar-refractivity contribution in [3.05, 3.63) is 76.6 Å². The number of furan rings is 1. The number of benzene rings is 3. The highest BCUT2D eigenvalue weighted by molar-refractivity contribution is 5.89. The van der Waals surface area contributed by atoms with Crippen molar-refractivity contribution in [1.82, 2.24) is 9.66 Å². The Labute approximate surface area is 218 Å². The lowest BCUT2D eigenvalue weighted by atomic mass is 10.2. The predicted molar refractivity (Wildman–Crippen MR) is 146 cm³/mol. The lowest BCUT2D eigenvalue weighted by Crippen LogP contribution is -2.20. The van der Waals surface area contributed by atoms with Crippen LogP contribution in [0.3, 0.4) is 0 Å². The molecule has 5 rings (SSSR count). The van der Waals surface area contributed by atoms with Crippen molar-refractivity contribution in [3.8, 4) is 34.6 Å². The Bertz CT molecular complexity index is 1690. The van der Waals surface area contributed by atoms with Crippen LogP contribution in [0.25, 0.3) is 33.5 Å². The van der Waals surface area contributed by atoms with Gasteiger partial charge in [0.2, 0.25) is 11.6 Å². The zero-order valence-electron chi connectivity index (χ0n) is 21.7. The summed E-state index contributed by atoms with van der Waals surface area (Å²) in [5.74, 6) is 2.73. The molecule has 0 bridgehead atoms. The maximum atomic E-state index is 13.6. The van der Waals surface area contributed by atoms with E-state index in [-0.39, 0.29) is 17.5 Å². The SMILES string of the molecule is COc1cc(C=Nn2c(-c3cc4c(OC)cccc4o3)nc3ccccc3c2=O)cc(OC)c1OC(C)C. The van der Waals surface area contributed by atoms with Gasteiger partial charge in [-0.3, -0.25) is 4.79 Å². The van der Waals surface area contributed by atoms with Gasteiger partial charge in [-0.25, -0.2) is 4.98 Å². The minimum Gasteiger partial charge on any atom is -0.496 e. The monoisotopic (exact) mass is 513 g/mol. The summed E-state index contributed by atoms with van der Waals surface area (Å²) in [6.07, 6.45) is 1.46. The number of methoxy groups -OCH3 is 3. The molecule has 0 aliphatic carbocycles. The summed E-state index contributed by atoms with van der Waals surface area (Å²) in [6.45, 7) is 3.84. The second kappa shape index (κ2) is 10.3. The van der Waals surface area contributed by atoms with Crippen molar-refractivity contribution < 1.29 is 23.4 Å². The van der Waals surface area contributed by atoms with Gasteiger partial charge >= 0.3 is 0 Å². The normalized spacial score (nSPS) is 11.5. The van der Waals surface area contributed by atoms with Crippen LogP contribution in [0, 0.1) is 0 Å². The van der Waals surface area contributed by atoms with Gasteiger partial charge in [-0.15, -0.1) is 0 Å². The standard InChI is InChI=1S/C29H27N3O6/c1-17(2)37-27-24(35-4)13-18(14-25(27)36-5)16-30-32-28(31-21-10-7-6-9-19(21)29(32)33)26-15-20-22(34-3)11-8-12-23(20)38-26/h6-17H,1-5H3. The molecule has 0 saturated heterocycles. The summed E-state index contributed by atoms with van der Waals surface area (Å²) in [5.41, 5.74) is 1.43. The van der Waals surface area contributed by atoms with E-state index in [0.29, 0.717) is 50.8 Å². The van der Waals surface area contributed by atoms with Crippen LogP contribution in [0.4, 0.5) is 0 Å². The second-order valence-corrected chi connectivity index (χ2v) is 8.72. The fourth-order valence-electron chi connectivity index (χ4n) is 4.16. The van der Waals surface area contributed by atoms with Gasteiger partial charge < -0.3 is 23.4 Å². The number of rotatable bonds is 8. The molecule has 0 unspecified atom stereocenters. The Balaban J connectivity index is 1.68. The molecule has 0 radical (unpaired) electrons. The average Bonchev–Trinajstić information content (AvgIpc) is 3.37. The zero-order chi connectivity index (χ0) is 26.8. The Morgan fingerprint density at radius 1 is 0.895 bits per heavy atom. The average molecular weight is 514 g/mol. The topological polar surface area (TPSA) is 97.3 Å². The van der Waals surface area contributed by atoms with Crippen molar-refractivity contribution in [2.45, 2.75) is 20.0 Å². The molecular formula is C29H27N3O6. The zero-order valence-corrected chi connectivity index (χ0v) is 21.7. The smallest absolute Gasteiger partial charge is 0.282 e. The fourth-order valence-corrected chi connectivity index (χ4v) is 4.16. The van der Waals surface area contributed by atoms with E-state index in [1.54, 1.807) is 57.7 Å². The number of ether oxygens (including phenoxy) is 4. The molecule has 0 N–H and O–H groups in total. The third kappa shape index (κ3) is 4.54. The Morgan fingerprint density at radius 3 is 2.29 bits per heavy atom. The van der Waals surface area contributed by atoms with Gasteiger partial charge in [0.1, 0.15) is 11.3 Å². The van der Waals surface area contributed by atoms with Crippen molar-refractivity contribution in [1.29, 1.82) is 0 Å². The molecule has 0 atom stereocenters. The van der Waals surface area contributed by atoms with Gasteiger partial charge in [-0.05, 0) is 56.3 Å². The van der Waals surface area contributed by atoms with E-state index >= 15 is 0 Å². The van der Waals surface area contributed by atoms with Gasteiger partial charge in [-0.2, -0.15) is 9.78 Å². The maximum absolute atomic E-state index is 13.6. The van der Waals surface area contributed by atoms with Crippen LogP contribution in [-0.2, 0) is 0 Å². The summed E-state index contributed by atoms with van der Waals surface area (Å²) in [4.78, 5) is 18.3. The molecule has 2 aromatic heterocycles. The van der Waals surface area contributed by atoms with Crippen LogP contribution in [0.2, 0.25) is 0 Å². The molecular weight excluding hydrogens is 486 g/mol. The van der Waals surface area contributed by atoms with Crippen LogP contribution >= 0.6 is 0 Å². The first-order valence-electron chi connectivity index (χ1n) is 12.0. The quantitative estimate of drug-likeness (QED) is 0.253. The van der Waals surface area contributed by atoms with Gasteiger partial charge in [-0.1, -0.05) is 18.2 Å². The molecule has 3 aromatic carbocycles. The number of nitrogens with zero attached hydrogens (tertiary/aromatic N) is 3. The molecule has 0 saturated carbocycles. The first-order chi connectivity index (χ1) is 18.4. The maximum Gasteiger partial charge on any atom is 0.282 e. The minimum atomic E-state index is -0.340. The molecule has 0 aliphatic heterocycles. The minimum absolute atomic E-state index is 0.0791. The fraction of sp³-hybridized carbons (Fsp3) is 0.207. The van der Waals surface area contributed by atoms with Gasteiger partial charge in [0.05, 0.1) is 49.9 Å².